The highest BCUT2D eigenvalue weighted by Gasteiger charge is 2.21. The molecular weight excluding hydrogens is 248 g/mol. The lowest BCUT2D eigenvalue weighted by atomic mass is 10.1. The Bertz CT molecular complexity index is 462. The van der Waals surface area contributed by atoms with Crippen molar-refractivity contribution in [2.45, 2.75) is 19.0 Å². The number of methoxy groups -OCH3 is 1. The Labute approximate surface area is 111 Å². The highest BCUT2D eigenvalue weighted by Crippen LogP contribution is 2.18. The van der Waals surface area contributed by atoms with Crippen LogP contribution < -0.4 is 10.5 Å². The van der Waals surface area contributed by atoms with Crippen LogP contribution in [-0.4, -0.2) is 42.1 Å². The van der Waals surface area contributed by atoms with E-state index < -0.39 is 17.9 Å². The summed E-state index contributed by atoms with van der Waals surface area (Å²) in [5.41, 5.74) is 6.38. The van der Waals surface area contributed by atoms with Gasteiger partial charge in [-0.25, -0.2) is 0 Å². The van der Waals surface area contributed by atoms with Gasteiger partial charge in [-0.05, 0) is 6.07 Å². The minimum atomic E-state index is -1.09. The zero-order valence-electron chi connectivity index (χ0n) is 11.0. The maximum atomic E-state index is 11.9. The largest absolute Gasteiger partial charge is 0.496 e. The van der Waals surface area contributed by atoms with E-state index in [0.29, 0.717) is 12.3 Å². The van der Waals surface area contributed by atoms with Crippen molar-refractivity contribution in [3.63, 3.8) is 0 Å². The van der Waals surface area contributed by atoms with Gasteiger partial charge in [0.15, 0.2) is 0 Å². The number of benzene rings is 1. The fraction of sp³-hybridized carbons (Fsp3) is 0.385. The van der Waals surface area contributed by atoms with E-state index in [-0.39, 0.29) is 6.42 Å². The number of carboxylic acid groups (broad SMARTS) is 1. The van der Waals surface area contributed by atoms with Crippen molar-refractivity contribution in [3.05, 3.63) is 29.8 Å². The van der Waals surface area contributed by atoms with Gasteiger partial charge in [-0.2, -0.15) is 0 Å². The molecule has 1 aromatic rings. The highest BCUT2D eigenvalue weighted by molar-refractivity contribution is 5.85. The second-order valence-electron chi connectivity index (χ2n) is 4.21. The number of nitrogens with zero attached hydrogens (tertiary/aromatic N) is 1. The average molecular weight is 266 g/mol. The third kappa shape index (κ3) is 4.26. The summed E-state index contributed by atoms with van der Waals surface area (Å²) >= 11 is 0. The third-order valence-electron chi connectivity index (χ3n) is 2.69. The first-order valence-corrected chi connectivity index (χ1v) is 5.80. The number of amides is 1. The highest BCUT2D eigenvalue weighted by atomic mass is 16.5. The number of para-hydroxylation sites is 1. The van der Waals surface area contributed by atoms with Crippen molar-refractivity contribution in [2.75, 3.05) is 14.2 Å². The lowest BCUT2D eigenvalue weighted by molar-refractivity contribution is -0.141. The van der Waals surface area contributed by atoms with Crippen molar-refractivity contribution in [1.82, 2.24) is 4.90 Å². The summed E-state index contributed by atoms with van der Waals surface area (Å²) in [5, 5.41) is 8.62. The van der Waals surface area contributed by atoms with Gasteiger partial charge in [0.1, 0.15) is 5.75 Å². The van der Waals surface area contributed by atoms with Crippen molar-refractivity contribution >= 4 is 11.9 Å². The van der Waals surface area contributed by atoms with Crippen LogP contribution in [0.5, 0.6) is 5.75 Å². The van der Waals surface area contributed by atoms with Crippen LogP contribution in [0, 0.1) is 0 Å². The molecule has 0 saturated heterocycles. The lowest BCUT2D eigenvalue weighted by Crippen LogP contribution is -2.42. The number of ether oxygens (including phenoxy) is 1. The van der Waals surface area contributed by atoms with Gasteiger partial charge in [0.25, 0.3) is 0 Å². The van der Waals surface area contributed by atoms with Crippen LogP contribution in [0.3, 0.4) is 0 Å². The van der Waals surface area contributed by atoms with E-state index >= 15 is 0 Å². The molecule has 104 valence electrons. The Morgan fingerprint density at radius 3 is 2.63 bits per heavy atom. The quantitative estimate of drug-likeness (QED) is 0.780. The number of carboxylic acids is 1. The van der Waals surface area contributed by atoms with E-state index in [1.807, 2.05) is 18.2 Å². The molecule has 1 amide bonds. The van der Waals surface area contributed by atoms with Crippen LogP contribution in [0.1, 0.15) is 12.0 Å². The van der Waals surface area contributed by atoms with E-state index in [2.05, 4.69) is 0 Å². The summed E-state index contributed by atoms with van der Waals surface area (Å²) in [6.45, 7) is 0.316. The maximum Gasteiger partial charge on any atom is 0.305 e. The molecule has 6 nitrogen and oxygen atoms in total. The lowest BCUT2D eigenvalue weighted by Gasteiger charge is -2.21. The minimum absolute atomic E-state index is 0.316. The van der Waals surface area contributed by atoms with Crippen LogP contribution >= 0.6 is 0 Å². The molecular formula is C13H18N2O4. The molecule has 3 N–H and O–H groups in total. The molecule has 0 saturated carbocycles. The number of nitrogens with two attached hydrogens (primary N) is 1. The predicted molar refractivity (Wildman–Crippen MR) is 69.7 cm³/mol. The number of carbonyl (C=O) groups excluding carboxylic acids is 1. The number of hydrogen-bond acceptors (Lipinski definition) is 4. The monoisotopic (exact) mass is 266 g/mol. The van der Waals surface area contributed by atoms with E-state index in [1.165, 1.54) is 4.90 Å². The molecule has 0 heterocycles. The Morgan fingerprint density at radius 1 is 1.42 bits per heavy atom. The Balaban J connectivity index is 2.71. The van der Waals surface area contributed by atoms with Crippen LogP contribution in [-0.2, 0) is 16.1 Å². The molecule has 1 rings (SSSR count). The molecule has 0 radical (unpaired) electrons. The Morgan fingerprint density at radius 2 is 2.05 bits per heavy atom. The molecule has 6 heteroatoms. The Kier molecular flexibility index (Phi) is 5.32. The topological polar surface area (TPSA) is 92.9 Å². The van der Waals surface area contributed by atoms with Gasteiger partial charge in [0.2, 0.25) is 5.91 Å². The van der Waals surface area contributed by atoms with E-state index in [0.717, 1.165) is 5.56 Å². The first-order valence-electron chi connectivity index (χ1n) is 5.80. The molecule has 0 aliphatic rings. The molecule has 0 fully saturated rings. The molecule has 0 aliphatic carbocycles. The number of hydrogen-bond donors (Lipinski definition) is 2. The molecule has 0 aromatic heterocycles. The van der Waals surface area contributed by atoms with Crippen molar-refractivity contribution in [2.24, 2.45) is 5.73 Å². The normalized spacial score (nSPS) is 11.7. The maximum absolute atomic E-state index is 11.9. The van der Waals surface area contributed by atoms with Gasteiger partial charge in [-0.3, -0.25) is 9.59 Å². The van der Waals surface area contributed by atoms with Gasteiger partial charge in [-0.1, -0.05) is 18.2 Å². The van der Waals surface area contributed by atoms with Crippen molar-refractivity contribution in [3.8, 4) is 5.75 Å². The second-order valence-corrected chi connectivity index (χ2v) is 4.21. The van der Waals surface area contributed by atoms with Crippen LogP contribution in [0.25, 0.3) is 0 Å². The fourth-order valence-electron chi connectivity index (χ4n) is 1.73. The van der Waals surface area contributed by atoms with Crippen LogP contribution in [0.4, 0.5) is 0 Å². The zero-order valence-corrected chi connectivity index (χ0v) is 11.0. The molecule has 1 aromatic carbocycles. The van der Waals surface area contributed by atoms with Crippen LogP contribution in [0.15, 0.2) is 24.3 Å². The van der Waals surface area contributed by atoms with Gasteiger partial charge >= 0.3 is 5.97 Å². The smallest absolute Gasteiger partial charge is 0.305 e. The SMILES string of the molecule is COc1ccccc1CN(C)C(=O)C(N)CC(=O)O. The molecule has 19 heavy (non-hydrogen) atoms. The standard InChI is InChI=1S/C13H18N2O4/c1-15(13(18)10(14)7-12(16)17)8-9-5-3-4-6-11(9)19-2/h3-6,10H,7-8,14H2,1-2H3,(H,16,17). The Hall–Kier alpha value is -2.08. The zero-order chi connectivity index (χ0) is 14.4. The predicted octanol–water partition coefficient (Wildman–Crippen LogP) is 0.456. The van der Waals surface area contributed by atoms with Gasteiger partial charge in [0.05, 0.1) is 19.6 Å². The molecule has 0 bridgehead atoms. The van der Waals surface area contributed by atoms with Gasteiger partial charge in [-0.15, -0.1) is 0 Å². The summed E-state index contributed by atoms with van der Waals surface area (Å²) in [6.07, 6.45) is -0.380. The first-order chi connectivity index (χ1) is 8.95. The number of rotatable bonds is 6. The molecule has 1 atom stereocenters. The summed E-state index contributed by atoms with van der Waals surface area (Å²) < 4.78 is 5.19. The number of aliphatic carboxylic acids is 1. The van der Waals surface area contributed by atoms with E-state index in [1.54, 1.807) is 20.2 Å². The van der Waals surface area contributed by atoms with Gasteiger partial charge < -0.3 is 20.5 Å². The molecule has 0 spiro atoms. The summed E-state index contributed by atoms with van der Waals surface area (Å²) in [4.78, 5) is 23.8. The first kappa shape index (κ1) is 15.0. The van der Waals surface area contributed by atoms with E-state index in [4.69, 9.17) is 15.6 Å². The van der Waals surface area contributed by atoms with Crippen LogP contribution in [0.2, 0.25) is 0 Å². The fourth-order valence-corrected chi connectivity index (χ4v) is 1.73. The van der Waals surface area contributed by atoms with Gasteiger partial charge in [0, 0.05) is 19.2 Å². The van der Waals surface area contributed by atoms with Crippen molar-refractivity contribution < 1.29 is 19.4 Å². The summed E-state index contributed by atoms with van der Waals surface area (Å²) in [6, 6.07) is 6.28. The van der Waals surface area contributed by atoms with Crippen molar-refractivity contribution in [1.29, 1.82) is 0 Å². The molecule has 1 unspecified atom stereocenters. The number of carbonyl (C=O) groups is 2. The summed E-state index contributed by atoms with van der Waals surface area (Å²) in [5.74, 6) is -0.825. The second kappa shape index (κ2) is 6.75. The minimum Gasteiger partial charge on any atom is -0.496 e. The van der Waals surface area contributed by atoms with E-state index in [9.17, 15) is 9.59 Å². The average Bonchev–Trinajstić information content (AvgIpc) is 2.37. The number of likely N-dealkylation sites (N-methyl/N-ethyl adjacent to an activating group) is 1. The summed E-state index contributed by atoms with van der Waals surface area (Å²) in [7, 11) is 3.13. The molecule has 0 aliphatic heterocycles. The third-order valence-corrected chi connectivity index (χ3v) is 2.69.